The van der Waals surface area contributed by atoms with Crippen LogP contribution in [0.5, 0.6) is 0 Å². The molecule has 0 saturated carbocycles. The zero-order valence-electron chi connectivity index (χ0n) is 7.73. The molecule has 0 aromatic rings. The van der Waals surface area contributed by atoms with Crippen LogP contribution in [0.15, 0.2) is 24.0 Å². The van der Waals surface area contributed by atoms with Gasteiger partial charge >= 0.3 is 0 Å². The van der Waals surface area contributed by atoms with Crippen molar-refractivity contribution < 1.29 is 9.84 Å². The highest BCUT2D eigenvalue weighted by atomic mass is 16.5. The minimum Gasteiger partial charge on any atom is -0.494 e. The summed E-state index contributed by atoms with van der Waals surface area (Å²) in [7, 11) is 0. The van der Waals surface area contributed by atoms with E-state index >= 15 is 0 Å². The summed E-state index contributed by atoms with van der Waals surface area (Å²) in [6.45, 7) is 1.81. The molecule has 0 radical (unpaired) electrons. The quantitative estimate of drug-likeness (QED) is 0.514. The molecule has 0 fully saturated rings. The van der Waals surface area contributed by atoms with Crippen molar-refractivity contribution >= 4 is 0 Å². The third kappa shape index (κ3) is 2.96. The van der Waals surface area contributed by atoms with Gasteiger partial charge in [0.25, 0.3) is 0 Å². The van der Waals surface area contributed by atoms with Crippen LogP contribution in [0.25, 0.3) is 0 Å². The highest BCUT2D eigenvalue weighted by Gasteiger charge is 2.10. The molecule has 1 aliphatic heterocycles. The lowest BCUT2D eigenvalue weighted by Gasteiger charge is -2.17. The van der Waals surface area contributed by atoms with Gasteiger partial charge in [-0.15, -0.1) is 6.42 Å². The molecule has 13 heavy (non-hydrogen) atoms. The van der Waals surface area contributed by atoms with Crippen LogP contribution in [-0.4, -0.2) is 17.3 Å². The largest absolute Gasteiger partial charge is 0.494 e. The first-order chi connectivity index (χ1) is 6.24. The van der Waals surface area contributed by atoms with Crippen molar-refractivity contribution in [3.63, 3.8) is 0 Å². The number of hydrogen-bond donors (Lipinski definition) is 1. The molecule has 0 bridgehead atoms. The van der Waals surface area contributed by atoms with Crippen molar-refractivity contribution in [2.45, 2.75) is 32.0 Å². The second kappa shape index (κ2) is 4.74. The summed E-state index contributed by atoms with van der Waals surface area (Å²) in [6, 6.07) is 0. The van der Waals surface area contributed by atoms with Gasteiger partial charge in [0.2, 0.25) is 0 Å². The van der Waals surface area contributed by atoms with E-state index in [0.29, 0.717) is 0 Å². The number of allylic oxidation sites excluding steroid dienone is 1. The van der Waals surface area contributed by atoms with Gasteiger partial charge in [0.15, 0.2) is 0 Å². The van der Waals surface area contributed by atoms with Crippen LogP contribution in [0.1, 0.15) is 19.8 Å². The lowest BCUT2D eigenvalue weighted by Crippen LogP contribution is -2.13. The molecule has 0 spiro atoms. The minimum atomic E-state index is -0.783. The van der Waals surface area contributed by atoms with E-state index in [1.807, 2.05) is 19.1 Å². The average Bonchev–Trinajstić information content (AvgIpc) is 2.18. The van der Waals surface area contributed by atoms with E-state index in [-0.39, 0.29) is 6.10 Å². The molecule has 0 aromatic carbocycles. The molecule has 2 heteroatoms. The molecule has 1 rings (SSSR count). The lowest BCUT2D eigenvalue weighted by molar-refractivity contribution is 0.162. The number of aliphatic hydroxyl groups excluding tert-OH is 1. The summed E-state index contributed by atoms with van der Waals surface area (Å²) >= 11 is 0. The average molecular weight is 178 g/mol. The molecule has 1 aliphatic rings. The molecule has 70 valence electrons. The topological polar surface area (TPSA) is 29.5 Å². The fraction of sp³-hybridized carbons (Fsp3) is 0.455. The monoisotopic (exact) mass is 178 g/mol. The summed E-state index contributed by atoms with van der Waals surface area (Å²) in [5.41, 5.74) is 0.780. The van der Waals surface area contributed by atoms with Crippen molar-refractivity contribution in [2.24, 2.45) is 0 Å². The maximum atomic E-state index is 9.28. The maximum absolute atomic E-state index is 9.28. The van der Waals surface area contributed by atoms with Crippen LogP contribution in [-0.2, 0) is 4.74 Å². The fourth-order valence-electron chi connectivity index (χ4n) is 1.19. The van der Waals surface area contributed by atoms with Crippen molar-refractivity contribution in [3.8, 4) is 12.3 Å². The molecule has 0 amide bonds. The van der Waals surface area contributed by atoms with Crippen LogP contribution in [0, 0.1) is 12.3 Å². The summed E-state index contributed by atoms with van der Waals surface area (Å²) in [6.07, 6.45) is 11.9. The lowest BCUT2D eigenvalue weighted by atomic mass is 10.1. The summed E-state index contributed by atoms with van der Waals surface area (Å²) in [4.78, 5) is 0. The van der Waals surface area contributed by atoms with E-state index in [0.717, 1.165) is 18.4 Å². The first-order valence-electron chi connectivity index (χ1n) is 4.37. The Bertz CT molecular complexity index is 258. The number of hydrogen-bond acceptors (Lipinski definition) is 2. The molecule has 1 N–H and O–H groups in total. The van der Waals surface area contributed by atoms with Gasteiger partial charge in [-0.05, 0) is 37.5 Å². The summed E-state index contributed by atoms with van der Waals surface area (Å²) in [5, 5.41) is 9.28. The van der Waals surface area contributed by atoms with Crippen molar-refractivity contribution in [3.05, 3.63) is 24.0 Å². The molecule has 0 aromatic heterocycles. The van der Waals surface area contributed by atoms with Crippen molar-refractivity contribution in [1.82, 2.24) is 0 Å². The smallest absolute Gasteiger partial charge is 0.135 e. The fourth-order valence-corrected chi connectivity index (χ4v) is 1.19. The van der Waals surface area contributed by atoms with Crippen LogP contribution >= 0.6 is 0 Å². The van der Waals surface area contributed by atoms with E-state index < -0.39 is 6.10 Å². The molecule has 0 aliphatic carbocycles. The molecule has 2 unspecified atom stereocenters. The van der Waals surface area contributed by atoms with Gasteiger partial charge in [-0.25, -0.2) is 0 Å². The minimum absolute atomic E-state index is 0.0630. The SMILES string of the molecule is C#CC(O)C(C)=CC1CCC=CO1. The Hall–Kier alpha value is -1.20. The van der Waals surface area contributed by atoms with Gasteiger partial charge in [-0.1, -0.05) is 5.92 Å². The Labute approximate surface area is 78.9 Å². The van der Waals surface area contributed by atoms with Crippen LogP contribution in [0.3, 0.4) is 0 Å². The van der Waals surface area contributed by atoms with Gasteiger partial charge in [-0.3, -0.25) is 0 Å². The van der Waals surface area contributed by atoms with Crippen LogP contribution in [0.2, 0.25) is 0 Å². The number of ether oxygens (including phenoxy) is 1. The molecule has 2 nitrogen and oxygen atoms in total. The zero-order valence-corrected chi connectivity index (χ0v) is 7.73. The Morgan fingerprint density at radius 3 is 3.15 bits per heavy atom. The molecule has 2 atom stereocenters. The molecule has 0 saturated heterocycles. The number of terminal acetylenes is 1. The molecular weight excluding hydrogens is 164 g/mol. The van der Waals surface area contributed by atoms with Gasteiger partial charge in [-0.2, -0.15) is 0 Å². The van der Waals surface area contributed by atoms with E-state index in [4.69, 9.17) is 11.2 Å². The zero-order chi connectivity index (χ0) is 9.68. The normalized spacial score (nSPS) is 24.7. The number of aliphatic hydroxyl groups is 1. The van der Waals surface area contributed by atoms with Crippen LogP contribution < -0.4 is 0 Å². The van der Waals surface area contributed by atoms with Crippen molar-refractivity contribution in [1.29, 1.82) is 0 Å². The Morgan fingerprint density at radius 2 is 2.62 bits per heavy atom. The van der Waals surface area contributed by atoms with Gasteiger partial charge in [0, 0.05) is 0 Å². The second-order valence-corrected chi connectivity index (χ2v) is 3.10. The van der Waals surface area contributed by atoms with Crippen LogP contribution in [0.4, 0.5) is 0 Å². The highest BCUT2D eigenvalue weighted by Crippen LogP contribution is 2.14. The Kier molecular flexibility index (Phi) is 3.60. The highest BCUT2D eigenvalue weighted by molar-refractivity contribution is 5.18. The van der Waals surface area contributed by atoms with Gasteiger partial charge in [0.05, 0.1) is 6.26 Å². The molecule has 1 heterocycles. The van der Waals surface area contributed by atoms with E-state index in [1.54, 1.807) is 6.26 Å². The van der Waals surface area contributed by atoms with Crippen molar-refractivity contribution in [2.75, 3.05) is 0 Å². The second-order valence-electron chi connectivity index (χ2n) is 3.10. The maximum Gasteiger partial charge on any atom is 0.135 e. The first-order valence-corrected chi connectivity index (χ1v) is 4.37. The number of rotatable bonds is 2. The Balaban J connectivity index is 2.54. The summed E-state index contributed by atoms with van der Waals surface area (Å²) in [5.74, 6) is 2.27. The Morgan fingerprint density at radius 1 is 1.85 bits per heavy atom. The van der Waals surface area contributed by atoms with E-state index in [9.17, 15) is 5.11 Å². The molecular formula is C11H14O2. The first kappa shape index (κ1) is 9.88. The third-order valence-electron chi connectivity index (χ3n) is 2.01. The predicted molar refractivity (Wildman–Crippen MR) is 51.8 cm³/mol. The third-order valence-corrected chi connectivity index (χ3v) is 2.01. The standard InChI is InChI=1S/C11H14O2/c1-3-11(12)9(2)8-10-6-4-5-7-13-10/h1,5,7-8,10-12H,4,6H2,2H3. The van der Waals surface area contributed by atoms with Gasteiger partial charge < -0.3 is 9.84 Å². The predicted octanol–water partition coefficient (Wildman–Crippen LogP) is 1.62. The van der Waals surface area contributed by atoms with Gasteiger partial charge in [0.1, 0.15) is 12.2 Å². The summed E-state index contributed by atoms with van der Waals surface area (Å²) < 4.78 is 5.31. The van der Waals surface area contributed by atoms with E-state index in [1.165, 1.54) is 0 Å². The van der Waals surface area contributed by atoms with E-state index in [2.05, 4.69) is 5.92 Å².